The number of esters is 1. The first-order valence-corrected chi connectivity index (χ1v) is 6.36. The van der Waals surface area contributed by atoms with Gasteiger partial charge in [0.2, 0.25) is 0 Å². The lowest BCUT2D eigenvalue weighted by atomic mass is 10.1. The molecule has 0 saturated carbocycles. The molecule has 0 aliphatic carbocycles. The number of carbonyl (C=O) groups excluding carboxylic acids is 1. The highest BCUT2D eigenvalue weighted by Gasteiger charge is 2.11. The zero-order valence-corrected chi connectivity index (χ0v) is 11.3. The van der Waals surface area contributed by atoms with Crippen LogP contribution in [-0.4, -0.2) is 24.7 Å². The zero-order valence-electron chi connectivity index (χ0n) is 11.3. The monoisotopic (exact) mass is 229 g/mol. The minimum absolute atomic E-state index is 0.0276. The van der Waals surface area contributed by atoms with Crippen LogP contribution in [-0.2, 0) is 9.53 Å². The third-order valence-corrected chi connectivity index (χ3v) is 2.27. The van der Waals surface area contributed by atoms with Crippen LogP contribution in [0.15, 0.2) is 0 Å². The van der Waals surface area contributed by atoms with Crippen LogP contribution in [0, 0.1) is 0 Å². The van der Waals surface area contributed by atoms with E-state index in [0.29, 0.717) is 13.2 Å². The second-order valence-corrected chi connectivity index (χ2v) is 5.24. The van der Waals surface area contributed by atoms with Gasteiger partial charge in [0.1, 0.15) is 0 Å². The number of nitrogens with one attached hydrogen (secondary N) is 1. The van der Waals surface area contributed by atoms with Crippen molar-refractivity contribution in [1.82, 2.24) is 5.32 Å². The number of hydrogen-bond acceptors (Lipinski definition) is 3. The fraction of sp³-hybridized carbons (Fsp3) is 0.923. The summed E-state index contributed by atoms with van der Waals surface area (Å²) < 4.78 is 5.12. The van der Waals surface area contributed by atoms with Gasteiger partial charge in [-0.05, 0) is 27.2 Å². The molecule has 16 heavy (non-hydrogen) atoms. The van der Waals surface area contributed by atoms with Crippen molar-refractivity contribution in [3.63, 3.8) is 0 Å². The highest BCUT2D eigenvalue weighted by molar-refractivity contribution is 5.71. The summed E-state index contributed by atoms with van der Waals surface area (Å²) in [6.07, 6.45) is 5.91. The van der Waals surface area contributed by atoms with Gasteiger partial charge in [-0.15, -0.1) is 0 Å². The Morgan fingerprint density at radius 1 is 1.12 bits per heavy atom. The van der Waals surface area contributed by atoms with Crippen molar-refractivity contribution in [2.24, 2.45) is 0 Å². The molecule has 0 saturated heterocycles. The first-order valence-electron chi connectivity index (χ1n) is 6.36. The first-order chi connectivity index (χ1) is 7.45. The summed E-state index contributed by atoms with van der Waals surface area (Å²) in [5, 5.41) is 3.11. The molecule has 0 aromatic heterocycles. The SMILES string of the molecule is CCCCCCCOC(=O)CNC(C)(C)C. The molecule has 0 atom stereocenters. The second kappa shape index (κ2) is 8.57. The second-order valence-electron chi connectivity index (χ2n) is 5.24. The lowest BCUT2D eigenvalue weighted by molar-refractivity contribution is -0.143. The van der Waals surface area contributed by atoms with Crippen LogP contribution in [0.4, 0.5) is 0 Å². The van der Waals surface area contributed by atoms with Gasteiger partial charge in [-0.3, -0.25) is 4.79 Å². The Kier molecular flexibility index (Phi) is 8.26. The molecule has 1 N–H and O–H groups in total. The molecule has 3 nitrogen and oxygen atoms in total. The fourth-order valence-electron chi connectivity index (χ4n) is 1.28. The lowest BCUT2D eigenvalue weighted by Crippen LogP contribution is -2.39. The lowest BCUT2D eigenvalue weighted by Gasteiger charge is -2.19. The van der Waals surface area contributed by atoms with Crippen LogP contribution in [0.3, 0.4) is 0 Å². The van der Waals surface area contributed by atoms with Gasteiger partial charge >= 0.3 is 5.97 Å². The van der Waals surface area contributed by atoms with E-state index in [0.717, 1.165) is 12.8 Å². The van der Waals surface area contributed by atoms with E-state index in [1.165, 1.54) is 19.3 Å². The van der Waals surface area contributed by atoms with E-state index < -0.39 is 0 Å². The van der Waals surface area contributed by atoms with Gasteiger partial charge in [-0.2, -0.15) is 0 Å². The average molecular weight is 229 g/mol. The van der Waals surface area contributed by atoms with Gasteiger partial charge in [0.15, 0.2) is 0 Å². The van der Waals surface area contributed by atoms with Crippen LogP contribution in [0.25, 0.3) is 0 Å². The highest BCUT2D eigenvalue weighted by Crippen LogP contribution is 2.02. The van der Waals surface area contributed by atoms with Crippen LogP contribution in [0.5, 0.6) is 0 Å². The van der Waals surface area contributed by atoms with Gasteiger partial charge in [0.05, 0.1) is 13.2 Å². The summed E-state index contributed by atoms with van der Waals surface area (Å²) in [6.45, 7) is 9.16. The standard InChI is InChI=1S/C13H27NO2/c1-5-6-7-8-9-10-16-12(15)11-14-13(2,3)4/h14H,5-11H2,1-4H3. The van der Waals surface area contributed by atoms with E-state index in [9.17, 15) is 4.79 Å². The number of unbranched alkanes of at least 4 members (excludes halogenated alkanes) is 4. The molecule has 0 radical (unpaired) electrons. The summed E-state index contributed by atoms with van der Waals surface area (Å²) in [4.78, 5) is 11.3. The van der Waals surface area contributed by atoms with E-state index >= 15 is 0 Å². The van der Waals surface area contributed by atoms with Crippen molar-refractivity contribution >= 4 is 5.97 Å². The van der Waals surface area contributed by atoms with Crippen molar-refractivity contribution in [2.75, 3.05) is 13.2 Å². The largest absolute Gasteiger partial charge is 0.465 e. The van der Waals surface area contributed by atoms with E-state index in [2.05, 4.69) is 12.2 Å². The Bertz CT molecular complexity index is 185. The summed E-state index contributed by atoms with van der Waals surface area (Å²) in [7, 11) is 0. The molecule has 0 aliphatic heterocycles. The van der Waals surface area contributed by atoms with Gasteiger partial charge in [-0.1, -0.05) is 32.6 Å². The molecule has 0 amide bonds. The topological polar surface area (TPSA) is 38.3 Å². The number of carbonyl (C=O) groups is 1. The Morgan fingerprint density at radius 2 is 1.75 bits per heavy atom. The molecular formula is C13H27NO2. The normalized spacial score (nSPS) is 11.5. The Labute approximate surface area is 99.9 Å². The molecule has 0 fully saturated rings. The fourth-order valence-corrected chi connectivity index (χ4v) is 1.28. The van der Waals surface area contributed by atoms with Crippen molar-refractivity contribution in [3.05, 3.63) is 0 Å². The van der Waals surface area contributed by atoms with E-state index in [1.807, 2.05) is 20.8 Å². The molecule has 0 rings (SSSR count). The molecular weight excluding hydrogens is 202 g/mol. The van der Waals surface area contributed by atoms with E-state index in [1.54, 1.807) is 0 Å². The number of ether oxygens (including phenoxy) is 1. The average Bonchev–Trinajstić information content (AvgIpc) is 2.19. The molecule has 0 bridgehead atoms. The maximum atomic E-state index is 11.3. The van der Waals surface area contributed by atoms with Crippen LogP contribution in [0.2, 0.25) is 0 Å². The van der Waals surface area contributed by atoms with Crippen molar-refractivity contribution in [1.29, 1.82) is 0 Å². The molecule has 0 heterocycles. The molecule has 0 aromatic rings. The summed E-state index contributed by atoms with van der Waals surface area (Å²) in [6, 6.07) is 0. The van der Waals surface area contributed by atoms with Gasteiger partial charge in [-0.25, -0.2) is 0 Å². The van der Waals surface area contributed by atoms with Crippen molar-refractivity contribution < 1.29 is 9.53 Å². The molecule has 96 valence electrons. The van der Waals surface area contributed by atoms with Gasteiger partial charge < -0.3 is 10.1 Å². The minimum Gasteiger partial charge on any atom is -0.465 e. The van der Waals surface area contributed by atoms with E-state index in [4.69, 9.17) is 4.74 Å². The number of rotatable bonds is 8. The predicted octanol–water partition coefficient (Wildman–Crippen LogP) is 2.89. The van der Waals surface area contributed by atoms with Crippen LogP contribution in [0.1, 0.15) is 59.8 Å². The smallest absolute Gasteiger partial charge is 0.319 e. The van der Waals surface area contributed by atoms with Gasteiger partial charge in [0, 0.05) is 5.54 Å². The Hall–Kier alpha value is -0.570. The third kappa shape index (κ3) is 11.5. The maximum absolute atomic E-state index is 11.3. The molecule has 0 aromatic carbocycles. The quantitative estimate of drug-likeness (QED) is 0.514. The maximum Gasteiger partial charge on any atom is 0.319 e. The van der Waals surface area contributed by atoms with Crippen LogP contribution >= 0.6 is 0 Å². The summed E-state index contributed by atoms with van der Waals surface area (Å²) in [5.74, 6) is -0.148. The Balaban J connectivity index is 3.31. The highest BCUT2D eigenvalue weighted by atomic mass is 16.5. The summed E-state index contributed by atoms with van der Waals surface area (Å²) in [5.41, 5.74) is -0.0276. The van der Waals surface area contributed by atoms with Crippen LogP contribution < -0.4 is 5.32 Å². The summed E-state index contributed by atoms with van der Waals surface area (Å²) >= 11 is 0. The molecule has 3 heteroatoms. The van der Waals surface area contributed by atoms with Gasteiger partial charge in [0.25, 0.3) is 0 Å². The molecule has 0 spiro atoms. The minimum atomic E-state index is -0.148. The molecule has 0 aliphatic rings. The Morgan fingerprint density at radius 3 is 2.31 bits per heavy atom. The molecule has 0 unspecified atom stereocenters. The van der Waals surface area contributed by atoms with Crippen molar-refractivity contribution in [3.8, 4) is 0 Å². The van der Waals surface area contributed by atoms with E-state index in [-0.39, 0.29) is 11.5 Å². The predicted molar refractivity (Wildman–Crippen MR) is 67.5 cm³/mol. The van der Waals surface area contributed by atoms with Crippen molar-refractivity contribution in [2.45, 2.75) is 65.3 Å². The third-order valence-electron chi connectivity index (χ3n) is 2.27. The first kappa shape index (κ1) is 15.4. The number of hydrogen-bond donors (Lipinski definition) is 1. The zero-order chi connectivity index (χ0) is 12.4.